The predicted octanol–water partition coefficient (Wildman–Crippen LogP) is 5.14. The average Bonchev–Trinajstić information content (AvgIpc) is 3.16. The molecule has 1 N–H and O–H groups in total. The number of benzene rings is 2. The number of nitrogens with zero attached hydrogens (tertiary/aromatic N) is 2. The molecule has 0 aliphatic carbocycles. The van der Waals surface area contributed by atoms with E-state index in [1.54, 1.807) is 24.3 Å². The second kappa shape index (κ2) is 8.41. The third-order valence-electron chi connectivity index (χ3n) is 4.17. The monoisotopic (exact) mass is 441 g/mol. The molecule has 1 amide bonds. The number of nitrogens with one attached hydrogen (secondary N) is 1. The van der Waals surface area contributed by atoms with Crippen LogP contribution in [0, 0.1) is 6.92 Å². The summed E-state index contributed by atoms with van der Waals surface area (Å²) < 4.78 is 2.10. The second-order valence-electron chi connectivity index (χ2n) is 6.35. The van der Waals surface area contributed by atoms with Crippen LogP contribution in [0.4, 0.5) is 5.69 Å². The second-order valence-corrected chi connectivity index (χ2v) is 8.65. The van der Waals surface area contributed by atoms with Crippen LogP contribution in [0.5, 0.6) is 0 Å². The summed E-state index contributed by atoms with van der Waals surface area (Å²) in [5.41, 5.74) is 2.94. The first-order valence-electron chi connectivity index (χ1n) is 8.77. The van der Waals surface area contributed by atoms with E-state index in [0.717, 1.165) is 11.3 Å². The van der Waals surface area contributed by atoms with Crippen LogP contribution in [-0.2, 0) is 4.79 Å². The molecule has 29 heavy (non-hydrogen) atoms. The van der Waals surface area contributed by atoms with Crippen molar-refractivity contribution in [2.75, 3.05) is 11.1 Å². The quantitative estimate of drug-likeness (QED) is 0.344. The molecule has 0 atom stereocenters. The van der Waals surface area contributed by atoms with Crippen LogP contribution < -0.4 is 10.9 Å². The number of hydrogen-bond donors (Lipinski definition) is 1. The maximum atomic E-state index is 13.1. The fourth-order valence-corrected chi connectivity index (χ4v) is 4.55. The molecular weight excluding hydrogens is 426 g/mol. The molecule has 2 heterocycles. The van der Waals surface area contributed by atoms with Crippen molar-refractivity contribution in [3.8, 4) is 5.69 Å². The Labute approximate surface area is 180 Å². The van der Waals surface area contributed by atoms with Crippen LogP contribution in [0.1, 0.15) is 5.56 Å². The van der Waals surface area contributed by atoms with Crippen LogP contribution in [-0.4, -0.2) is 21.2 Å². The van der Waals surface area contributed by atoms with Crippen molar-refractivity contribution in [2.45, 2.75) is 12.1 Å². The lowest BCUT2D eigenvalue weighted by molar-refractivity contribution is -0.113. The number of anilines is 1. The Kier molecular flexibility index (Phi) is 5.71. The molecular formula is C21H16ClN3O2S2. The molecule has 0 spiro atoms. The van der Waals surface area contributed by atoms with Crippen molar-refractivity contribution in [3.63, 3.8) is 0 Å². The van der Waals surface area contributed by atoms with Gasteiger partial charge in [0.15, 0.2) is 5.16 Å². The summed E-state index contributed by atoms with van der Waals surface area (Å²) in [7, 11) is 0. The van der Waals surface area contributed by atoms with Gasteiger partial charge in [-0.05, 0) is 60.3 Å². The topological polar surface area (TPSA) is 64.0 Å². The number of thiophene rings is 1. The van der Waals surface area contributed by atoms with E-state index in [2.05, 4.69) is 10.3 Å². The largest absolute Gasteiger partial charge is 0.325 e. The fourth-order valence-electron chi connectivity index (χ4n) is 2.86. The summed E-state index contributed by atoms with van der Waals surface area (Å²) in [4.78, 5) is 30.1. The normalized spacial score (nSPS) is 11.0. The van der Waals surface area contributed by atoms with Gasteiger partial charge >= 0.3 is 0 Å². The zero-order valence-electron chi connectivity index (χ0n) is 15.4. The molecule has 0 unspecified atom stereocenters. The SMILES string of the molecule is Cc1cccc(NC(=O)CSc2nc3ccsc3c(=O)n2-c2ccc(Cl)cc2)c1. The predicted molar refractivity (Wildman–Crippen MR) is 121 cm³/mol. The van der Waals surface area contributed by atoms with Crippen molar-refractivity contribution in [1.82, 2.24) is 9.55 Å². The fraction of sp³-hybridized carbons (Fsp3) is 0.0952. The van der Waals surface area contributed by atoms with Gasteiger partial charge in [-0.15, -0.1) is 11.3 Å². The van der Waals surface area contributed by atoms with Crippen molar-refractivity contribution in [1.29, 1.82) is 0 Å². The van der Waals surface area contributed by atoms with Crippen LogP contribution in [0.25, 0.3) is 15.9 Å². The summed E-state index contributed by atoms with van der Waals surface area (Å²) >= 11 is 8.56. The first kappa shape index (κ1) is 19.7. The molecule has 0 bridgehead atoms. The number of rotatable bonds is 5. The molecule has 0 saturated carbocycles. The maximum absolute atomic E-state index is 13.1. The summed E-state index contributed by atoms with van der Waals surface area (Å²) in [5.74, 6) is -0.0354. The summed E-state index contributed by atoms with van der Waals surface area (Å²) in [5, 5.41) is 5.76. The highest BCUT2D eigenvalue weighted by Gasteiger charge is 2.16. The van der Waals surface area contributed by atoms with Gasteiger partial charge in [-0.3, -0.25) is 14.2 Å². The van der Waals surface area contributed by atoms with Gasteiger partial charge in [-0.2, -0.15) is 0 Å². The van der Waals surface area contributed by atoms with E-state index < -0.39 is 0 Å². The third-order valence-corrected chi connectivity index (χ3v) is 6.25. The standard InChI is InChI=1S/C21H16ClN3O2S2/c1-13-3-2-4-15(11-13)23-18(26)12-29-21-24-17-9-10-28-19(17)20(27)25(21)16-7-5-14(22)6-8-16/h2-11H,12H2,1H3,(H,23,26). The lowest BCUT2D eigenvalue weighted by Gasteiger charge is -2.12. The molecule has 0 aliphatic rings. The zero-order valence-corrected chi connectivity index (χ0v) is 17.8. The molecule has 8 heteroatoms. The highest BCUT2D eigenvalue weighted by atomic mass is 35.5. The highest BCUT2D eigenvalue weighted by molar-refractivity contribution is 7.99. The Morgan fingerprint density at radius 1 is 1.21 bits per heavy atom. The van der Waals surface area contributed by atoms with E-state index in [-0.39, 0.29) is 17.2 Å². The van der Waals surface area contributed by atoms with Gasteiger partial charge in [0.1, 0.15) is 4.70 Å². The van der Waals surface area contributed by atoms with Gasteiger partial charge in [-0.1, -0.05) is 35.5 Å². The number of aromatic nitrogens is 2. The summed E-state index contributed by atoms with van der Waals surface area (Å²) in [6.45, 7) is 1.97. The molecule has 0 radical (unpaired) electrons. The van der Waals surface area contributed by atoms with Crippen LogP contribution in [0.3, 0.4) is 0 Å². The van der Waals surface area contributed by atoms with E-state index in [9.17, 15) is 9.59 Å². The van der Waals surface area contributed by atoms with Gasteiger partial charge in [0, 0.05) is 10.7 Å². The van der Waals surface area contributed by atoms with Gasteiger partial charge in [0.2, 0.25) is 5.91 Å². The molecule has 0 saturated heterocycles. The maximum Gasteiger partial charge on any atom is 0.276 e. The number of fused-ring (bicyclic) bond motifs is 1. The lowest BCUT2D eigenvalue weighted by atomic mass is 10.2. The number of carbonyl (C=O) groups excluding carboxylic acids is 1. The number of amides is 1. The minimum absolute atomic E-state index is 0.129. The van der Waals surface area contributed by atoms with Gasteiger partial charge < -0.3 is 5.32 Å². The van der Waals surface area contributed by atoms with E-state index in [4.69, 9.17) is 11.6 Å². The minimum Gasteiger partial charge on any atom is -0.325 e. The molecule has 146 valence electrons. The third kappa shape index (κ3) is 4.37. The molecule has 0 fully saturated rings. The van der Waals surface area contributed by atoms with E-state index in [0.29, 0.717) is 26.1 Å². The molecule has 4 aromatic rings. The van der Waals surface area contributed by atoms with Crippen molar-refractivity contribution in [2.24, 2.45) is 0 Å². The van der Waals surface area contributed by atoms with E-state index in [1.807, 2.05) is 42.6 Å². The molecule has 5 nitrogen and oxygen atoms in total. The Morgan fingerprint density at radius 3 is 2.76 bits per heavy atom. The van der Waals surface area contributed by atoms with Crippen molar-refractivity contribution < 1.29 is 4.79 Å². The summed E-state index contributed by atoms with van der Waals surface area (Å²) in [6.07, 6.45) is 0. The number of halogens is 1. The number of thioether (sulfide) groups is 1. The lowest BCUT2D eigenvalue weighted by Crippen LogP contribution is -2.22. The Hall–Kier alpha value is -2.61. The molecule has 4 rings (SSSR count). The van der Waals surface area contributed by atoms with E-state index >= 15 is 0 Å². The first-order chi connectivity index (χ1) is 14.0. The Balaban J connectivity index is 1.64. The van der Waals surface area contributed by atoms with Crippen molar-refractivity contribution in [3.05, 3.63) is 80.9 Å². The van der Waals surface area contributed by atoms with Crippen LogP contribution >= 0.6 is 34.7 Å². The first-order valence-corrected chi connectivity index (χ1v) is 11.0. The molecule has 0 aliphatic heterocycles. The number of aryl methyl sites for hydroxylation is 1. The van der Waals surface area contributed by atoms with E-state index in [1.165, 1.54) is 27.7 Å². The number of carbonyl (C=O) groups is 1. The summed E-state index contributed by atoms with van der Waals surface area (Å²) in [6, 6.07) is 16.4. The minimum atomic E-state index is -0.164. The highest BCUT2D eigenvalue weighted by Crippen LogP contribution is 2.24. The van der Waals surface area contributed by atoms with Crippen LogP contribution in [0.15, 0.2) is 69.9 Å². The van der Waals surface area contributed by atoms with Gasteiger partial charge in [-0.25, -0.2) is 4.98 Å². The molecule has 2 aromatic heterocycles. The number of hydrogen-bond acceptors (Lipinski definition) is 5. The van der Waals surface area contributed by atoms with Gasteiger partial charge in [0.25, 0.3) is 5.56 Å². The van der Waals surface area contributed by atoms with Gasteiger partial charge in [0.05, 0.1) is 17.0 Å². The Bertz CT molecular complexity index is 1250. The smallest absolute Gasteiger partial charge is 0.276 e. The van der Waals surface area contributed by atoms with Crippen molar-refractivity contribution >= 4 is 56.5 Å². The van der Waals surface area contributed by atoms with Crippen LogP contribution in [0.2, 0.25) is 5.02 Å². The molecule has 2 aromatic carbocycles. The zero-order chi connectivity index (χ0) is 20.4. The Morgan fingerprint density at radius 2 is 2.00 bits per heavy atom. The average molecular weight is 442 g/mol.